The molecular formula is C27H37ClN2O4S. The van der Waals surface area contributed by atoms with Crippen LogP contribution in [-0.2, 0) is 26.4 Å². The fraction of sp³-hybridized carbons (Fsp3) is 0.519. The summed E-state index contributed by atoms with van der Waals surface area (Å²) in [5, 5.41) is 4.35. The number of nitrogens with one attached hydrogen (secondary N) is 1. The van der Waals surface area contributed by atoms with Crippen molar-refractivity contribution < 1.29 is 17.9 Å². The molecule has 0 spiro atoms. The van der Waals surface area contributed by atoms with Crippen LogP contribution in [0.1, 0.15) is 57.6 Å². The van der Waals surface area contributed by atoms with Gasteiger partial charge in [0.1, 0.15) is 5.60 Å². The predicted octanol–water partition coefficient (Wildman–Crippen LogP) is 5.27. The van der Waals surface area contributed by atoms with E-state index in [1.54, 1.807) is 18.2 Å². The van der Waals surface area contributed by atoms with Crippen molar-refractivity contribution in [3.05, 3.63) is 64.7 Å². The molecule has 192 valence electrons. The second-order valence-electron chi connectivity index (χ2n) is 10.3. The lowest BCUT2D eigenvalue weighted by Crippen LogP contribution is -2.51. The van der Waals surface area contributed by atoms with E-state index < -0.39 is 21.5 Å². The average Bonchev–Trinajstić information content (AvgIpc) is 2.78. The number of primary amides is 1. The van der Waals surface area contributed by atoms with Crippen molar-refractivity contribution in [1.29, 1.82) is 0 Å². The first-order chi connectivity index (χ1) is 16.3. The van der Waals surface area contributed by atoms with E-state index in [0.717, 1.165) is 49.8 Å². The molecule has 3 N–H and O–H groups in total. The number of carbonyl (C=O) groups is 1. The molecule has 3 rings (SSSR count). The highest BCUT2D eigenvalue weighted by atomic mass is 35.5. The van der Waals surface area contributed by atoms with Gasteiger partial charge in [0.15, 0.2) is 9.84 Å². The van der Waals surface area contributed by atoms with E-state index in [9.17, 15) is 13.2 Å². The molecule has 0 aliphatic heterocycles. The van der Waals surface area contributed by atoms with E-state index in [4.69, 9.17) is 22.1 Å². The van der Waals surface area contributed by atoms with Crippen LogP contribution in [0.5, 0.6) is 0 Å². The lowest BCUT2D eigenvalue weighted by Gasteiger charge is -2.50. The van der Waals surface area contributed by atoms with Gasteiger partial charge < -0.3 is 15.8 Å². The summed E-state index contributed by atoms with van der Waals surface area (Å²) in [4.78, 5) is 12.0. The minimum absolute atomic E-state index is 0.0145. The van der Waals surface area contributed by atoms with Crippen molar-refractivity contribution in [2.45, 2.75) is 74.8 Å². The average molecular weight is 521 g/mol. The van der Waals surface area contributed by atoms with E-state index >= 15 is 0 Å². The number of amides is 1. The minimum Gasteiger partial charge on any atom is -0.443 e. The minimum atomic E-state index is -3.21. The zero-order valence-corrected chi connectivity index (χ0v) is 22.6. The van der Waals surface area contributed by atoms with Crippen molar-refractivity contribution in [2.24, 2.45) is 11.7 Å². The lowest BCUT2D eigenvalue weighted by molar-refractivity contribution is -0.0362. The number of hydrogen-bond acceptors (Lipinski definition) is 5. The van der Waals surface area contributed by atoms with Crippen LogP contribution in [0.2, 0.25) is 5.02 Å². The summed E-state index contributed by atoms with van der Waals surface area (Å²) in [6.07, 6.45) is 4.99. The number of rotatable bonds is 9. The van der Waals surface area contributed by atoms with Gasteiger partial charge in [0, 0.05) is 28.7 Å². The summed E-state index contributed by atoms with van der Waals surface area (Å²) in [6, 6.07) is 15.5. The molecule has 0 heterocycles. The van der Waals surface area contributed by atoms with Crippen LogP contribution in [0, 0.1) is 5.92 Å². The Bertz CT molecular complexity index is 1140. The van der Waals surface area contributed by atoms with Gasteiger partial charge in [-0.1, -0.05) is 42.8 Å². The molecule has 8 heteroatoms. The Morgan fingerprint density at radius 1 is 1.20 bits per heavy atom. The Hall–Kier alpha value is -2.09. The van der Waals surface area contributed by atoms with Gasteiger partial charge in [-0.25, -0.2) is 13.2 Å². The second kappa shape index (κ2) is 10.9. The number of hydrogen-bond donors (Lipinski definition) is 2. The standard InChI is InChI=1S/C27H37ClN2O4S/c1-19(26(2,3)34-25(29)31)27(21-8-6-9-22(28)18-21)14-11-23(12-15-27)30-16-13-20-7-5-10-24(17-20)35(4,32)33/h5-10,17-19,23,30H,11-16H2,1-4H3,(H2,29,31). The van der Waals surface area contributed by atoms with Crippen molar-refractivity contribution in [1.82, 2.24) is 5.32 Å². The van der Waals surface area contributed by atoms with Crippen LogP contribution in [0.25, 0.3) is 0 Å². The highest BCUT2D eigenvalue weighted by molar-refractivity contribution is 7.90. The zero-order chi connectivity index (χ0) is 25.9. The molecule has 1 amide bonds. The van der Waals surface area contributed by atoms with E-state index in [-0.39, 0.29) is 11.3 Å². The monoisotopic (exact) mass is 520 g/mol. The lowest BCUT2D eigenvalue weighted by atomic mass is 9.58. The summed E-state index contributed by atoms with van der Waals surface area (Å²) in [7, 11) is -3.21. The SMILES string of the molecule is CC(C(C)(C)OC(N)=O)C1(c2cccc(Cl)c2)CCC(NCCc2cccc(S(C)(=O)=O)c2)CC1. The van der Waals surface area contributed by atoms with Crippen LogP contribution in [-0.4, -0.2) is 39.0 Å². The molecule has 6 nitrogen and oxygen atoms in total. The molecular weight excluding hydrogens is 484 g/mol. The van der Waals surface area contributed by atoms with Crippen LogP contribution in [0.4, 0.5) is 4.79 Å². The van der Waals surface area contributed by atoms with Gasteiger partial charge in [-0.15, -0.1) is 0 Å². The molecule has 1 aliphatic rings. The third-order valence-corrected chi connectivity index (χ3v) is 9.03. The molecule has 1 fully saturated rings. The number of halogens is 1. The van der Waals surface area contributed by atoms with Crippen LogP contribution >= 0.6 is 11.6 Å². The molecule has 0 bridgehead atoms. The van der Waals surface area contributed by atoms with Crippen molar-refractivity contribution >= 4 is 27.5 Å². The Morgan fingerprint density at radius 2 is 1.86 bits per heavy atom. The Morgan fingerprint density at radius 3 is 2.46 bits per heavy atom. The number of sulfone groups is 1. The van der Waals surface area contributed by atoms with Crippen LogP contribution < -0.4 is 11.1 Å². The third kappa shape index (κ3) is 6.78. The Labute approximate surface area is 214 Å². The first-order valence-electron chi connectivity index (χ1n) is 12.1. The highest BCUT2D eigenvalue weighted by Gasteiger charge is 2.48. The summed E-state index contributed by atoms with van der Waals surface area (Å²) in [5.74, 6) is 0.0145. The quantitative estimate of drug-likeness (QED) is 0.469. The van der Waals surface area contributed by atoms with E-state index in [1.165, 1.54) is 6.26 Å². The molecule has 0 aromatic heterocycles. The number of nitrogens with two attached hydrogens (primary N) is 1. The fourth-order valence-electron chi connectivity index (χ4n) is 5.47. The molecule has 0 saturated heterocycles. The maximum atomic E-state index is 11.8. The first kappa shape index (κ1) is 27.5. The maximum absolute atomic E-state index is 11.8. The molecule has 35 heavy (non-hydrogen) atoms. The number of benzene rings is 2. The Kier molecular flexibility index (Phi) is 8.56. The number of carbonyl (C=O) groups excluding carboxylic acids is 1. The zero-order valence-electron chi connectivity index (χ0n) is 21.0. The summed E-state index contributed by atoms with van der Waals surface area (Å²) < 4.78 is 29.2. The van der Waals surface area contributed by atoms with Crippen molar-refractivity contribution in [2.75, 3.05) is 12.8 Å². The molecule has 2 aromatic carbocycles. The fourth-order valence-corrected chi connectivity index (χ4v) is 6.35. The first-order valence-corrected chi connectivity index (χ1v) is 14.4. The van der Waals surface area contributed by atoms with Crippen molar-refractivity contribution in [3.63, 3.8) is 0 Å². The smallest absolute Gasteiger partial charge is 0.405 e. The Balaban J connectivity index is 1.70. The summed E-state index contributed by atoms with van der Waals surface area (Å²) >= 11 is 6.37. The molecule has 0 radical (unpaired) electrons. The van der Waals surface area contributed by atoms with Gasteiger partial charge in [0.05, 0.1) is 4.90 Å². The molecule has 1 atom stereocenters. The van der Waals surface area contributed by atoms with Crippen molar-refractivity contribution in [3.8, 4) is 0 Å². The van der Waals surface area contributed by atoms with E-state index in [2.05, 4.69) is 18.3 Å². The van der Waals surface area contributed by atoms with Gasteiger partial charge in [-0.3, -0.25) is 0 Å². The predicted molar refractivity (Wildman–Crippen MR) is 141 cm³/mol. The van der Waals surface area contributed by atoms with Crippen LogP contribution in [0.15, 0.2) is 53.4 Å². The second-order valence-corrected chi connectivity index (χ2v) is 12.8. The third-order valence-electron chi connectivity index (χ3n) is 7.69. The summed E-state index contributed by atoms with van der Waals surface area (Å²) in [6.45, 7) is 6.74. The van der Waals surface area contributed by atoms with Gasteiger partial charge in [-0.2, -0.15) is 0 Å². The van der Waals surface area contributed by atoms with Gasteiger partial charge in [-0.05, 0) is 87.9 Å². The van der Waals surface area contributed by atoms with Gasteiger partial charge >= 0.3 is 6.09 Å². The molecule has 1 saturated carbocycles. The van der Waals surface area contributed by atoms with Gasteiger partial charge in [0.2, 0.25) is 0 Å². The van der Waals surface area contributed by atoms with E-state index in [0.29, 0.717) is 16.0 Å². The molecule has 1 aliphatic carbocycles. The van der Waals surface area contributed by atoms with Crippen LogP contribution in [0.3, 0.4) is 0 Å². The van der Waals surface area contributed by atoms with Gasteiger partial charge in [0.25, 0.3) is 0 Å². The largest absolute Gasteiger partial charge is 0.443 e. The number of ether oxygens (including phenoxy) is 1. The maximum Gasteiger partial charge on any atom is 0.405 e. The topological polar surface area (TPSA) is 98.5 Å². The molecule has 1 unspecified atom stereocenters. The summed E-state index contributed by atoms with van der Waals surface area (Å²) in [5.41, 5.74) is 6.61. The highest BCUT2D eigenvalue weighted by Crippen LogP contribution is 2.50. The van der Waals surface area contributed by atoms with E-state index in [1.807, 2.05) is 38.1 Å². The normalized spacial score (nSPS) is 21.9. The molecule has 2 aromatic rings.